The van der Waals surface area contributed by atoms with Gasteiger partial charge in [0.25, 0.3) is 5.91 Å². The van der Waals surface area contributed by atoms with E-state index in [2.05, 4.69) is 20.4 Å². The van der Waals surface area contributed by atoms with Gasteiger partial charge in [0.1, 0.15) is 17.2 Å². The van der Waals surface area contributed by atoms with Gasteiger partial charge in [-0.2, -0.15) is 13.2 Å². The van der Waals surface area contributed by atoms with Crippen molar-refractivity contribution in [1.82, 2.24) is 25.4 Å². The normalized spacial score (nSPS) is 17.6. The number of nitrogens with zero attached hydrogens (tertiary/aromatic N) is 4. The second-order valence-corrected chi connectivity index (χ2v) is 7.69. The van der Waals surface area contributed by atoms with Crippen LogP contribution in [-0.2, 0) is 35.5 Å². The van der Waals surface area contributed by atoms with Crippen LogP contribution in [0.25, 0.3) is 10.9 Å². The van der Waals surface area contributed by atoms with Gasteiger partial charge in [-0.3, -0.25) is 9.80 Å². The van der Waals surface area contributed by atoms with Gasteiger partial charge < -0.3 is 15.2 Å². The molecule has 0 aliphatic carbocycles. The first-order chi connectivity index (χ1) is 15.8. The Kier molecular flexibility index (Phi) is 5.15. The van der Waals surface area contributed by atoms with Crippen molar-refractivity contribution in [3.63, 3.8) is 0 Å². The molecule has 5 rings (SSSR count). The zero-order chi connectivity index (χ0) is 23.3. The number of fused-ring (bicyclic) bond motifs is 4. The number of hydrogen-bond donors (Lipinski definition) is 2. The molecule has 2 aliphatic heterocycles. The zero-order valence-corrected chi connectivity index (χ0v) is 17.4. The highest BCUT2D eigenvalue weighted by atomic mass is 19.4. The number of rotatable bonds is 3. The summed E-state index contributed by atoms with van der Waals surface area (Å²) in [6.45, 7) is 0.709. The van der Waals surface area contributed by atoms with E-state index in [9.17, 15) is 18.0 Å². The number of anilines is 1. The van der Waals surface area contributed by atoms with E-state index in [1.54, 1.807) is 13.1 Å². The number of nitrogens with two attached hydrogens (primary N) is 1. The average molecular weight is 460 g/mol. The fraction of sp³-hybridized carbons (Fsp3) is 0.333. The van der Waals surface area contributed by atoms with Crippen molar-refractivity contribution in [1.29, 1.82) is 0 Å². The Morgan fingerprint density at radius 2 is 1.97 bits per heavy atom. The third-order valence-corrected chi connectivity index (χ3v) is 5.78. The van der Waals surface area contributed by atoms with Crippen molar-refractivity contribution >= 4 is 22.6 Å². The number of nitrogens with one attached hydrogen (secondary N) is 1. The van der Waals surface area contributed by atoms with Crippen molar-refractivity contribution in [2.45, 2.75) is 32.0 Å². The Morgan fingerprint density at radius 1 is 1.18 bits per heavy atom. The molecule has 0 fully saturated rings. The summed E-state index contributed by atoms with van der Waals surface area (Å²) in [4.78, 5) is 25.7. The number of pyridine rings is 3. The minimum atomic E-state index is -4.57. The molecule has 1 atom stereocenters. The van der Waals surface area contributed by atoms with Crippen molar-refractivity contribution in [3.8, 4) is 0 Å². The maximum Gasteiger partial charge on any atom is 0.433 e. The molecule has 3 N–H and O–H groups in total. The molecule has 0 bridgehead atoms. The van der Waals surface area contributed by atoms with Crippen LogP contribution in [0, 0.1) is 0 Å². The Labute approximate surface area is 185 Å². The fourth-order valence-electron chi connectivity index (χ4n) is 4.17. The molecule has 0 saturated carbocycles. The SMILES string of the molecule is CNN(C(=O)c1cc2c3c(c(N)nc2cn1)COC3)[C@@H]1COCc2nc(C(F)(F)F)ccc21. The molecule has 9 nitrogen and oxygen atoms in total. The van der Waals surface area contributed by atoms with E-state index in [1.165, 1.54) is 17.3 Å². The first kappa shape index (κ1) is 21.5. The summed E-state index contributed by atoms with van der Waals surface area (Å²) in [5, 5.41) is 1.99. The monoisotopic (exact) mass is 460 g/mol. The third kappa shape index (κ3) is 3.65. The Balaban J connectivity index is 1.51. The fourth-order valence-corrected chi connectivity index (χ4v) is 4.17. The lowest BCUT2D eigenvalue weighted by atomic mass is 10.0. The van der Waals surface area contributed by atoms with Gasteiger partial charge in [0, 0.05) is 23.6 Å². The van der Waals surface area contributed by atoms with Crippen LogP contribution in [0.15, 0.2) is 24.4 Å². The molecule has 0 radical (unpaired) electrons. The highest BCUT2D eigenvalue weighted by Crippen LogP contribution is 2.34. The van der Waals surface area contributed by atoms with Crippen LogP contribution >= 0.6 is 0 Å². The van der Waals surface area contributed by atoms with Gasteiger partial charge in [-0.25, -0.2) is 20.4 Å². The van der Waals surface area contributed by atoms with Gasteiger partial charge in [0.2, 0.25) is 0 Å². The van der Waals surface area contributed by atoms with Crippen LogP contribution in [0.3, 0.4) is 0 Å². The minimum Gasteiger partial charge on any atom is -0.383 e. The molecular formula is C21H19F3N6O3. The largest absolute Gasteiger partial charge is 0.433 e. The molecule has 5 heterocycles. The van der Waals surface area contributed by atoms with Gasteiger partial charge >= 0.3 is 6.18 Å². The van der Waals surface area contributed by atoms with Crippen LogP contribution in [0.2, 0.25) is 0 Å². The van der Waals surface area contributed by atoms with Gasteiger partial charge in [0.05, 0.1) is 49.9 Å². The van der Waals surface area contributed by atoms with E-state index in [4.69, 9.17) is 15.2 Å². The topological polar surface area (TPSA) is 115 Å². The number of carbonyl (C=O) groups excluding carboxylic acids is 1. The summed E-state index contributed by atoms with van der Waals surface area (Å²) < 4.78 is 50.2. The van der Waals surface area contributed by atoms with E-state index in [0.717, 1.165) is 17.2 Å². The molecule has 3 aromatic rings. The first-order valence-electron chi connectivity index (χ1n) is 10.1. The van der Waals surface area contributed by atoms with Gasteiger partial charge in [0.15, 0.2) is 0 Å². The molecule has 2 aliphatic rings. The van der Waals surface area contributed by atoms with Gasteiger partial charge in [-0.15, -0.1) is 0 Å². The van der Waals surface area contributed by atoms with Crippen molar-refractivity contribution < 1.29 is 27.4 Å². The van der Waals surface area contributed by atoms with Crippen LogP contribution in [0.1, 0.15) is 44.6 Å². The quantitative estimate of drug-likeness (QED) is 0.573. The maximum absolute atomic E-state index is 13.4. The Hall–Kier alpha value is -3.35. The number of ether oxygens (including phenoxy) is 2. The lowest BCUT2D eigenvalue weighted by molar-refractivity contribution is -0.141. The second kappa shape index (κ2) is 7.90. The van der Waals surface area contributed by atoms with E-state index >= 15 is 0 Å². The number of hydrogen-bond acceptors (Lipinski definition) is 8. The minimum absolute atomic E-state index is 0.0745. The molecular weight excluding hydrogens is 441 g/mol. The van der Waals surface area contributed by atoms with Crippen LogP contribution in [0.5, 0.6) is 0 Å². The smallest absolute Gasteiger partial charge is 0.383 e. The van der Waals surface area contributed by atoms with Crippen LogP contribution < -0.4 is 11.2 Å². The lowest BCUT2D eigenvalue weighted by Gasteiger charge is -2.34. The number of aromatic nitrogens is 3. The van der Waals surface area contributed by atoms with E-state index < -0.39 is 23.8 Å². The number of halogens is 3. The van der Waals surface area contributed by atoms with Crippen molar-refractivity contribution in [3.05, 3.63) is 58.2 Å². The third-order valence-electron chi connectivity index (χ3n) is 5.78. The summed E-state index contributed by atoms with van der Waals surface area (Å²) in [6.07, 6.45) is -3.11. The molecule has 1 amide bonds. The zero-order valence-electron chi connectivity index (χ0n) is 17.4. The highest BCUT2D eigenvalue weighted by molar-refractivity contribution is 5.97. The Morgan fingerprint density at radius 3 is 2.73 bits per heavy atom. The number of alkyl halides is 3. The van der Waals surface area contributed by atoms with E-state index in [1.807, 2.05) is 0 Å². The van der Waals surface area contributed by atoms with Crippen LogP contribution in [-0.4, -0.2) is 39.5 Å². The molecule has 12 heteroatoms. The average Bonchev–Trinajstić information content (AvgIpc) is 3.30. The summed E-state index contributed by atoms with van der Waals surface area (Å²) >= 11 is 0. The Bertz CT molecular complexity index is 1270. The second-order valence-electron chi connectivity index (χ2n) is 7.69. The maximum atomic E-state index is 13.4. The molecule has 0 spiro atoms. The molecule has 0 aromatic carbocycles. The molecule has 3 aromatic heterocycles. The lowest BCUT2D eigenvalue weighted by Crippen LogP contribution is -2.46. The van der Waals surface area contributed by atoms with Crippen molar-refractivity contribution in [2.24, 2.45) is 0 Å². The summed E-state index contributed by atoms with van der Waals surface area (Å²) in [5.74, 6) is -0.111. The molecule has 33 heavy (non-hydrogen) atoms. The predicted octanol–water partition coefficient (Wildman–Crippen LogP) is 2.50. The first-order valence-corrected chi connectivity index (χ1v) is 10.1. The summed E-state index contributed by atoms with van der Waals surface area (Å²) in [6, 6.07) is 3.17. The molecule has 0 saturated heterocycles. The number of nitrogen functional groups attached to an aromatic ring is 1. The van der Waals surface area contributed by atoms with E-state index in [0.29, 0.717) is 35.5 Å². The highest BCUT2D eigenvalue weighted by Gasteiger charge is 2.36. The van der Waals surface area contributed by atoms with Crippen LogP contribution in [0.4, 0.5) is 19.0 Å². The summed E-state index contributed by atoms with van der Waals surface area (Å²) in [5.41, 5.74) is 10.7. The van der Waals surface area contributed by atoms with Gasteiger partial charge in [-0.1, -0.05) is 6.07 Å². The summed E-state index contributed by atoms with van der Waals surface area (Å²) in [7, 11) is 1.54. The predicted molar refractivity (Wildman–Crippen MR) is 109 cm³/mol. The standard InChI is InChI=1S/C21H19F3N6O3/c1-26-30(17-9-33-8-16-10(17)2-3-18(28-16)21(22,23)24)20(31)14-4-11-12-6-32-7-13(12)19(25)29-15(11)5-27-14/h2-5,17,26H,6-9H2,1H3,(H2,25,29)/t17-/m1/s1. The van der Waals surface area contributed by atoms with Gasteiger partial charge in [-0.05, 0) is 17.7 Å². The number of carbonyl (C=O) groups is 1. The number of amides is 1. The molecule has 0 unspecified atom stereocenters. The molecule has 172 valence electrons. The van der Waals surface area contributed by atoms with Crippen molar-refractivity contribution in [2.75, 3.05) is 19.4 Å². The van der Waals surface area contributed by atoms with E-state index in [-0.39, 0.29) is 24.6 Å². The number of hydrazine groups is 1.